The highest BCUT2D eigenvalue weighted by atomic mass is 16.4. The van der Waals surface area contributed by atoms with Crippen molar-refractivity contribution in [2.75, 3.05) is 0 Å². The van der Waals surface area contributed by atoms with Crippen molar-refractivity contribution in [1.82, 2.24) is 0 Å². The van der Waals surface area contributed by atoms with Crippen molar-refractivity contribution in [2.45, 2.75) is 226 Å². The predicted molar refractivity (Wildman–Crippen MR) is 601 cm³/mol. The number of hydrogen-bond acceptors (Lipinski definition) is 16. The highest BCUT2D eigenvalue weighted by molar-refractivity contribution is 5.85. The zero-order valence-electron chi connectivity index (χ0n) is 89.8. The average Bonchev–Trinajstić information content (AvgIpc) is 0.766. The molecule has 0 radical (unpaired) electrons. The number of hydrogen-bond donors (Lipinski definition) is 16. The summed E-state index contributed by atoms with van der Waals surface area (Å²) in [4.78, 5) is 11.7. The Morgan fingerprint density at radius 3 is 0.644 bits per heavy atom. The van der Waals surface area contributed by atoms with E-state index in [0.717, 1.165) is 90.7 Å². The van der Waals surface area contributed by atoms with Crippen LogP contribution in [0.15, 0.2) is 358 Å². The lowest BCUT2D eigenvalue weighted by atomic mass is 9.71. The van der Waals surface area contributed by atoms with Crippen LogP contribution in [0.3, 0.4) is 0 Å². The van der Waals surface area contributed by atoms with Crippen LogP contribution in [0.4, 0.5) is 0 Å². The fraction of sp³-hybridized carbons (Fsp3) is 0.265. The average molecular weight is 2010 g/mol. The Morgan fingerprint density at radius 1 is 0.228 bits per heavy atom. The number of carbonyl (C=O) groups is 1. The van der Waals surface area contributed by atoms with Gasteiger partial charge in [-0.1, -0.05) is 336 Å². The zero-order chi connectivity index (χ0) is 110. The summed E-state index contributed by atoms with van der Waals surface area (Å²) in [5.41, 5.74) is 19.3. The number of phenols is 15. The second-order valence-corrected chi connectivity index (χ2v) is 43.9. The molecule has 0 saturated heterocycles. The van der Waals surface area contributed by atoms with Gasteiger partial charge in [-0.05, 0) is 320 Å². The van der Waals surface area contributed by atoms with E-state index in [4.69, 9.17) is 0 Å². The van der Waals surface area contributed by atoms with Crippen LogP contribution in [0.25, 0.3) is 0 Å². The van der Waals surface area contributed by atoms with Crippen LogP contribution < -0.4 is 0 Å². The van der Waals surface area contributed by atoms with Crippen molar-refractivity contribution in [1.29, 1.82) is 0 Å². The van der Waals surface area contributed by atoms with E-state index in [2.05, 4.69) is 152 Å². The van der Waals surface area contributed by atoms with E-state index in [1.54, 1.807) is 153 Å². The number of carboxylic acids is 1. The molecule has 17 nitrogen and oxygen atoms in total. The Bertz CT molecular complexity index is 6640. The Morgan fingerprint density at radius 2 is 0.423 bits per heavy atom. The fourth-order valence-corrected chi connectivity index (χ4v) is 18.6. The molecule has 16 aromatic carbocycles. The second kappa shape index (κ2) is 48.1. The van der Waals surface area contributed by atoms with Crippen molar-refractivity contribution in [2.24, 2.45) is 0 Å². The number of aryl methyl sites for hydroxylation is 2. The van der Waals surface area contributed by atoms with Crippen molar-refractivity contribution in [3.8, 4) is 86.2 Å². The molecule has 16 N–H and O–H groups in total. The van der Waals surface area contributed by atoms with Gasteiger partial charge in [0.1, 0.15) is 91.7 Å². The normalized spacial score (nSPS) is 11.8. The molecule has 0 saturated carbocycles. The molecular formula is C132H148O17. The van der Waals surface area contributed by atoms with Gasteiger partial charge in [0.25, 0.3) is 0 Å². The number of para-hydroxylation sites is 2. The summed E-state index contributed by atoms with van der Waals surface area (Å²) >= 11 is 0. The molecule has 0 spiro atoms. The minimum Gasteiger partial charge on any atom is -0.508 e. The van der Waals surface area contributed by atoms with Crippen molar-refractivity contribution >= 4 is 5.97 Å². The van der Waals surface area contributed by atoms with E-state index >= 15 is 0 Å². The first-order valence-corrected chi connectivity index (χ1v) is 50.2. The summed E-state index contributed by atoms with van der Waals surface area (Å²) in [7, 11) is 0. The molecule has 0 aromatic heterocycles. The topological polar surface area (TPSA) is 341 Å². The molecule has 0 aliphatic rings. The largest absolute Gasteiger partial charge is 0.508 e. The first-order valence-electron chi connectivity index (χ1n) is 50.2. The van der Waals surface area contributed by atoms with Gasteiger partial charge in [-0.15, -0.1) is 0 Å². The third-order valence-electron chi connectivity index (χ3n) is 28.2. The van der Waals surface area contributed by atoms with Gasteiger partial charge in [0.15, 0.2) is 0 Å². The van der Waals surface area contributed by atoms with Gasteiger partial charge in [0.05, 0.1) is 0 Å². The summed E-state index contributed by atoms with van der Waals surface area (Å²) in [6.45, 7) is 45.9. The number of rotatable bonds is 19. The number of carboxylic acid groups (broad SMARTS) is 1. The van der Waals surface area contributed by atoms with E-state index in [1.165, 1.54) is 57.6 Å². The molecule has 0 heterocycles. The van der Waals surface area contributed by atoms with E-state index in [-0.39, 0.29) is 119 Å². The summed E-state index contributed by atoms with van der Waals surface area (Å²) in [5, 5.41) is 155. The van der Waals surface area contributed by atoms with Crippen LogP contribution >= 0.6 is 0 Å². The lowest BCUT2D eigenvalue weighted by Gasteiger charge is -2.32. The van der Waals surface area contributed by atoms with Crippen LogP contribution in [-0.4, -0.2) is 87.7 Å². The highest BCUT2D eigenvalue weighted by Gasteiger charge is 2.39. The smallest absolute Gasteiger partial charge is 0.318 e. The number of aliphatic carboxylic acids is 1. The van der Waals surface area contributed by atoms with Crippen molar-refractivity contribution < 1.29 is 86.5 Å². The fourth-order valence-electron chi connectivity index (χ4n) is 18.6. The first-order chi connectivity index (χ1) is 69.8. The predicted octanol–water partition coefficient (Wildman–Crippen LogP) is 30.5. The molecule has 16 rings (SSSR count). The molecule has 0 aliphatic heterocycles. The molecular weight excluding hydrogens is 1860 g/mol. The standard InChI is InChI=1S/C26H38O2.C24H26O2.C20H18O3.C20H18O2.C15H14O4.C14H22O2.C13H12O2/c1-10-11-18(19-14-21(25(4,5)6)23(27)12-16(19)2)20-15-22(26(7,8)9)24(28)13-17(20)3;1-23(2,19-9-13-21(25)14-10-19)17-5-7-18(8-6-17)24(3,4)20-11-15-22(26)16-12-20;1-20(14-2-8-17(21)9-3-14,15-4-10-18(22)11-5-15)16-6-12-19(23)13-7-16;1-20(15-5-3-2-4-6-15,16-7-11-18(21)12-8-16)17-9-13-19(22)14-10-17;1-15(14(18)19,10-2-6-12(16)7-3-10)11-4-8-13(17)9-5-11;1-13(2,3)9-7-12(16)10(8-11(9)15)14(4,5)6;14-12-7-3-1-5-10(12)9-11-6-2-4-8-13(11)15/h12-15,18,27-28H,10-11H2,1-9H3;5-16,25-26H,1-4H3;2-13,21-23H,1H3;2-14,21-22H,1H3;2-9,16-17H,1H3,(H,18,19);7-8,15-16H,1-6H3;1-8,14-15H,9H2. The van der Waals surface area contributed by atoms with Gasteiger partial charge in [-0.25, -0.2) is 0 Å². The molecule has 17 heteroatoms. The number of benzene rings is 16. The van der Waals surface area contributed by atoms with Gasteiger partial charge in [-0.2, -0.15) is 0 Å². The molecule has 0 atom stereocenters. The minimum atomic E-state index is -1.23. The Hall–Kier alpha value is -16.0. The van der Waals surface area contributed by atoms with Crippen LogP contribution in [0.5, 0.6) is 86.2 Å². The van der Waals surface area contributed by atoms with E-state index in [9.17, 15) is 86.5 Å². The Balaban J connectivity index is 0.000000179. The van der Waals surface area contributed by atoms with Crippen LogP contribution in [0, 0.1) is 13.8 Å². The maximum Gasteiger partial charge on any atom is 0.318 e. The molecule has 778 valence electrons. The quantitative estimate of drug-likeness (QED) is 0.0264. The monoisotopic (exact) mass is 2010 g/mol. The number of phenolic OH excluding ortho intramolecular Hbond substituents is 15. The maximum absolute atomic E-state index is 11.7. The third kappa shape index (κ3) is 28.7. The summed E-state index contributed by atoms with van der Waals surface area (Å²) in [6.07, 6.45) is 2.64. The zero-order valence-corrected chi connectivity index (χ0v) is 89.8. The number of aromatic hydroxyl groups is 15. The lowest BCUT2D eigenvalue weighted by Crippen LogP contribution is -2.33. The molecule has 0 unspecified atom stereocenters. The first kappa shape index (κ1) is 115. The lowest BCUT2D eigenvalue weighted by molar-refractivity contribution is -0.141. The van der Waals surface area contributed by atoms with E-state index in [0.29, 0.717) is 29.0 Å². The van der Waals surface area contributed by atoms with Gasteiger partial charge < -0.3 is 81.7 Å². The van der Waals surface area contributed by atoms with Crippen LogP contribution in [0.2, 0.25) is 0 Å². The van der Waals surface area contributed by atoms with E-state index in [1.807, 2.05) is 181 Å². The van der Waals surface area contributed by atoms with Crippen LogP contribution in [-0.2, 0) is 60.0 Å². The van der Waals surface area contributed by atoms with Gasteiger partial charge in [-0.3, -0.25) is 4.79 Å². The summed E-state index contributed by atoms with van der Waals surface area (Å²) < 4.78 is 0. The van der Waals surface area contributed by atoms with Crippen molar-refractivity contribution in [3.63, 3.8) is 0 Å². The molecule has 0 bridgehead atoms. The molecule has 0 fully saturated rings. The highest BCUT2D eigenvalue weighted by Crippen LogP contribution is 2.48. The van der Waals surface area contributed by atoms with Gasteiger partial charge >= 0.3 is 5.97 Å². The second-order valence-electron chi connectivity index (χ2n) is 43.9. The Kier molecular flexibility index (Phi) is 37.1. The third-order valence-corrected chi connectivity index (χ3v) is 28.2. The molecule has 149 heavy (non-hydrogen) atoms. The summed E-state index contributed by atoms with van der Waals surface area (Å²) in [6, 6.07) is 108. The minimum absolute atomic E-state index is 0.0854. The maximum atomic E-state index is 11.7. The molecule has 0 aliphatic carbocycles. The Labute approximate surface area is 879 Å². The molecule has 16 aromatic rings. The van der Waals surface area contributed by atoms with E-state index < -0.39 is 16.8 Å². The summed E-state index contributed by atoms with van der Waals surface area (Å²) in [5.74, 6) is 2.95. The van der Waals surface area contributed by atoms with Gasteiger partial charge in [0, 0.05) is 45.1 Å². The van der Waals surface area contributed by atoms with Gasteiger partial charge in [0.2, 0.25) is 0 Å². The molecule has 0 amide bonds. The SMILES string of the molecule is CC(C(=O)O)(c1ccc(O)cc1)c1ccc(O)cc1.CC(C)(C)c1cc(O)c(C(C)(C)C)cc1O.CC(C)(c1ccc(O)cc1)c1ccc(C(C)(C)c2ccc(O)cc2)cc1.CC(c1ccc(O)cc1)(c1ccc(O)cc1)c1ccc(O)cc1.CC(c1ccccc1)(c1ccc(O)cc1)c1ccc(O)cc1.CCCC(c1cc(C(C)(C)C)c(O)cc1C)c1cc(C(C)(C)C)c(O)cc1C.Oc1ccccc1Cc1ccccc1O. The van der Waals surface area contributed by atoms with Crippen molar-refractivity contribution in [3.05, 3.63) is 480 Å². The van der Waals surface area contributed by atoms with Crippen LogP contribution in [0.1, 0.15) is 280 Å².